The Kier molecular flexibility index (Phi) is 7.19. The summed E-state index contributed by atoms with van der Waals surface area (Å²) in [4.78, 5) is 21.0. The summed E-state index contributed by atoms with van der Waals surface area (Å²) in [5.74, 6) is 1.36. The van der Waals surface area contributed by atoms with Crippen LogP contribution in [0.3, 0.4) is 0 Å². The van der Waals surface area contributed by atoms with Crippen LogP contribution in [0.2, 0.25) is 0 Å². The molecular weight excluding hydrogens is 400 g/mol. The van der Waals surface area contributed by atoms with Gasteiger partial charge in [0.05, 0.1) is 6.33 Å². The molecule has 1 saturated carbocycles. The number of anilines is 3. The Labute approximate surface area is 190 Å². The molecule has 0 unspecified atom stereocenters. The van der Waals surface area contributed by atoms with Gasteiger partial charge >= 0.3 is 0 Å². The molecule has 0 radical (unpaired) electrons. The number of rotatable bonds is 9. The molecule has 0 bridgehead atoms. The van der Waals surface area contributed by atoms with Gasteiger partial charge in [-0.15, -0.1) is 0 Å². The normalized spacial score (nSPS) is 15.2. The van der Waals surface area contributed by atoms with E-state index >= 15 is 0 Å². The van der Waals surface area contributed by atoms with Crippen molar-refractivity contribution >= 4 is 28.6 Å². The molecule has 8 heteroatoms. The van der Waals surface area contributed by atoms with Gasteiger partial charge in [-0.05, 0) is 52.7 Å². The van der Waals surface area contributed by atoms with Crippen molar-refractivity contribution in [2.45, 2.75) is 77.9 Å². The van der Waals surface area contributed by atoms with Gasteiger partial charge in [-0.3, -0.25) is 9.88 Å². The number of pyridine rings is 1. The third-order valence-electron chi connectivity index (χ3n) is 6.31. The zero-order valence-corrected chi connectivity index (χ0v) is 19.8. The number of nitrogens with one attached hydrogen (secondary N) is 2. The fraction of sp³-hybridized carbons (Fsp3) is 0.583. The molecule has 0 saturated heterocycles. The summed E-state index contributed by atoms with van der Waals surface area (Å²) < 4.78 is 2.26. The van der Waals surface area contributed by atoms with Gasteiger partial charge in [-0.25, -0.2) is 4.98 Å². The van der Waals surface area contributed by atoms with Crippen LogP contribution in [-0.2, 0) is 0 Å². The van der Waals surface area contributed by atoms with Gasteiger partial charge in [-0.2, -0.15) is 9.97 Å². The lowest BCUT2D eigenvalue weighted by molar-refractivity contribution is 0.182. The molecule has 3 aromatic rings. The van der Waals surface area contributed by atoms with Gasteiger partial charge < -0.3 is 15.2 Å². The van der Waals surface area contributed by atoms with Crippen LogP contribution in [0.25, 0.3) is 11.2 Å². The van der Waals surface area contributed by atoms with Gasteiger partial charge in [0.1, 0.15) is 0 Å². The number of hydrogen-bond acceptors (Lipinski definition) is 7. The highest BCUT2D eigenvalue weighted by atomic mass is 15.2. The first kappa shape index (κ1) is 22.5. The summed E-state index contributed by atoms with van der Waals surface area (Å²) in [6.07, 6.45) is 11.7. The summed E-state index contributed by atoms with van der Waals surface area (Å²) >= 11 is 0. The maximum absolute atomic E-state index is 4.87. The smallest absolute Gasteiger partial charge is 0.231 e. The first-order valence-corrected chi connectivity index (χ1v) is 11.9. The molecule has 32 heavy (non-hydrogen) atoms. The average molecular weight is 437 g/mol. The van der Waals surface area contributed by atoms with E-state index in [0.717, 1.165) is 35.8 Å². The fourth-order valence-electron chi connectivity index (χ4n) is 4.70. The molecule has 1 aliphatic rings. The van der Waals surface area contributed by atoms with Crippen molar-refractivity contribution in [2.24, 2.45) is 0 Å². The van der Waals surface area contributed by atoms with E-state index in [1.165, 1.54) is 32.1 Å². The highest BCUT2D eigenvalue weighted by molar-refractivity contribution is 5.84. The Morgan fingerprint density at radius 2 is 1.75 bits per heavy atom. The highest BCUT2D eigenvalue weighted by Crippen LogP contribution is 2.32. The van der Waals surface area contributed by atoms with Crippen LogP contribution in [0, 0.1) is 0 Å². The standard InChI is InChI=1S/C24H36N8/c1-17(2)31(18(3)4)15-14-26-22-21-23(32(16-27-21)20-8-6-5-7-9-20)30-24(29-22)28-19-10-12-25-13-11-19/h10-13,16-18,20H,5-9,14-15H2,1-4H3,(H2,25,26,28,29,30). The summed E-state index contributed by atoms with van der Waals surface area (Å²) in [7, 11) is 0. The van der Waals surface area contributed by atoms with E-state index in [4.69, 9.17) is 15.0 Å². The van der Waals surface area contributed by atoms with E-state index in [9.17, 15) is 0 Å². The minimum atomic E-state index is 0.461. The molecule has 2 N–H and O–H groups in total. The van der Waals surface area contributed by atoms with E-state index in [1.807, 2.05) is 18.5 Å². The number of fused-ring (bicyclic) bond motifs is 1. The fourth-order valence-corrected chi connectivity index (χ4v) is 4.70. The van der Waals surface area contributed by atoms with Crippen molar-refractivity contribution in [3.63, 3.8) is 0 Å². The second-order valence-corrected chi connectivity index (χ2v) is 9.22. The third kappa shape index (κ3) is 5.18. The molecule has 1 fully saturated rings. The zero-order chi connectivity index (χ0) is 22.5. The number of nitrogens with zero attached hydrogens (tertiary/aromatic N) is 6. The number of imidazole rings is 1. The molecule has 0 aliphatic heterocycles. The largest absolute Gasteiger partial charge is 0.367 e. The highest BCUT2D eigenvalue weighted by Gasteiger charge is 2.21. The number of hydrogen-bond donors (Lipinski definition) is 2. The van der Waals surface area contributed by atoms with Gasteiger partial charge in [-0.1, -0.05) is 19.3 Å². The molecule has 0 atom stereocenters. The molecule has 172 valence electrons. The summed E-state index contributed by atoms with van der Waals surface area (Å²) in [5, 5.41) is 6.89. The Balaban J connectivity index is 1.62. The molecule has 3 heterocycles. The van der Waals surface area contributed by atoms with Gasteiger partial charge in [0.2, 0.25) is 5.95 Å². The molecule has 4 rings (SSSR count). The van der Waals surface area contributed by atoms with Gasteiger partial charge in [0, 0.05) is 49.3 Å². The van der Waals surface area contributed by atoms with Crippen molar-refractivity contribution < 1.29 is 0 Å². The lowest BCUT2D eigenvalue weighted by Crippen LogP contribution is -2.40. The minimum absolute atomic E-state index is 0.461. The van der Waals surface area contributed by atoms with Crippen molar-refractivity contribution in [3.05, 3.63) is 30.9 Å². The monoisotopic (exact) mass is 436 g/mol. The topological polar surface area (TPSA) is 83.8 Å². The Hall–Kier alpha value is -2.74. The Morgan fingerprint density at radius 1 is 1.03 bits per heavy atom. The van der Waals surface area contributed by atoms with E-state index in [-0.39, 0.29) is 0 Å². The Bertz CT molecular complexity index is 984. The van der Waals surface area contributed by atoms with E-state index in [1.54, 1.807) is 12.4 Å². The molecule has 3 aromatic heterocycles. The van der Waals surface area contributed by atoms with Crippen LogP contribution >= 0.6 is 0 Å². The lowest BCUT2D eigenvalue weighted by atomic mass is 9.95. The summed E-state index contributed by atoms with van der Waals surface area (Å²) in [5.41, 5.74) is 2.66. The van der Waals surface area contributed by atoms with Crippen molar-refractivity contribution in [2.75, 3.05) is 23.7 Å². The predicted molar refractivity (Wildman–Crippen MR) is 130 cm³/mol. The maximum atomic E-state index is 4.87. The summed E-state index contributed by atoms with van der Waals surface area (Å²) in [6.45, 7) is 10.7. The van der Waals surface area contributed by atoms with Crippen LogP contribution in [0.1, 0.15) is 65.8 Å². The van der Waals surface area contributed by atoms with Gasteiger partial charge in [0.15, 0.2) is 17.0 Å². The summed E-state index contributed by atoms with van der Waals surface area (Å²) in [6, 6.07) is 5.29. The molecule has 8 nitrogen and oxygen atoms in total. The maximum Gasteiger partial charge on any atom is 0.231 e. The van der Waals surface area contributed by atoms with E-state index in [0.29, 0.717) is 24.1 Å². The third-order valence-corrected chi connectivity index (χ3v) is 6.31. The molecule has 0 aromatic carbocycles. The lowest BCUT2D eigenvalue weighted by Gasteiger charge is -2.30. The van der Waals surface area contributed by atoms with Crippen molar-refractivity contribution in [1.29, 1.82) is 0 Å². The van der Waals surface area contributed by atoms with Crippen LogP contribution in [-0.4, -0.2) is 54.6 Å². The van der Waals surface area contributed by atoms with Crippen molar-refractivity contribution in [1.82, 2.24) is 29.4 Å². The average Bonchev–Trinajstić information content (AvgIpc) is 3.21. The zero-order valence-electron chi connectivity index (χ0n) is 19.8. The first-order valence-electron chi connectivity index (χ1n) is 11.9. The van der Waals surface area contributed by atoms with Crippen LogP contribution < -0.4 is 10.6 Å². The second kappa shape index (κ2) is 10.3. The SMILES string of the molecule is CC(C)N(CCNc1nc(Nc2ccncc2)nc2c1ncn2C1CCCCC1)C(C)C. The molecule has 0 spiro atoms. The minimum Gasteiger partial charge on any atom is -0.367 e. The van der Waals surface area contributed by atoms with E-state index < -0.39 is 0 Å². The van der Waals surface area contributed by atoms with Crippen LogP contribution in [0.15, 0.2) is 30.9 Å². The van der Waals surface area contributed by atoms with Crippen molar-refractivity contribution in [3.8, 4) is 0 Å². The van der Waals surface area contributed by atoms with E-state index in [2.05, 4.69) is 52.8 Å². The Morgan fingerprint density at radius 3 is 2.44 bits per heavy atom. The molecule has 1 aliphatic carbocycles. The second-order valence-electron chi connectivity index (χ2n) is 9.22. The first-order chi connectivity index (χ1) is 15.5. The van der Waals surface area contributed by atoms with Crippen LogP contribution in [0.4, 0.5) is 17.5 Å². The quantitative estimate of drug-likeness (QED) is 0.488. The number of aromatic nitrogens is 5. The van der Waals surface area contributed by atoms with Crippen LogP contribution in [0.5, 0.6) is 0 Å². The predicted octanol–water partition coefficient (Wildman–Crippen LogP) is 5.00. The van der Waals surface area contributed by atoms with Gasteiger partial charge in [0.25, 0.3) is 0 Å². The molecule has 0 amide bonds. The molecular formula is C24H36N8.